The van der Waals surface area contributed by atoms with Crippen LogP contribution in [0.15, 0.2) is 64.3 Å². The predicted molar refractivity (Wildman–Crippen MR) is 103 cm³/mol. The van der Waals surface area contributed by atoms with E-state index in [0.717, 1.165) is 10.0 Å². The topological polar surface area (TPSA) is 53.2 Å². The molecule has 2 aromatic carbocycles. The molecule has 3 rings (SSSR count). The van der Waals surface area contributed by atoms with Crippen molar-refractivity contribution in [1.29, 1.82) is 0 Å². The van der Waals surface area contributed by atoms with Crippen molar-refractivity contribution in [2.24, 2.45) is 0 Å². The maximum absolute atomic E-state index is 13.9. The van der Waals surface area contributed by atoms with Crippen LogP contribution in [0.3, 0.4) is 0 Å². The van der Waals surface area contributed by atoms with Crippen LogP contribution in [0.5, 0.6) is 0 Å². The minimum absolute atomic E-state index is 0.131. The maximum Gasteiger partial charge on any atom is 0.255 e. The average molecular weight is 420 g/mol. The number of halogens is 2. The standard InChI is InChI=1S/C18H15BrFN3OS/c1-10-15(17(24)22-14-9-5-4-8-13(14)20)16(23-18(25)21-10)11-6-2-3-7-12(11)19/h2-9,16H,1H3,(H,22,24)(H2,21,23,25)/t16-/m0/s1. The fraction of sp³-hybridized carbons (Fsp3) is 0.111. The van der Waals surface area contributed by atoms with E-state index < -0.39 is 17.8 Å². The summed E-state index contributed by atoms with van der Waals surface area (Å²) in [5.74, 6) is -0.885. The summed E-state index contributed by atoms with van der Waals surface area (Å²) in [4.78, 5) is 12.9. The Morgan fingerprint density at radius 2 is 1.88 bits per heavy atom. The van der Waals surface area contributed by atoms with E-state index in [1.807, 2.05) is 24.3 Å². The van der Waals surface area contributed by atoms with Gasteiger partial charge in [-0.2, -0.15) is 0 Å². The summed E-state index contributed by atoms with van der Waals surface area (Å²) in [6.45, 7) is 1.77. The fourth-order valence-electron chi connectivity index (χ4n) is 2.69. The van der Waals surface area contributed by atoms with Gasteiger partial charge < -0.3 is 16.0 Å². The second kappa shape index (κ2) is 7.33. The number of hydrogen-bond acceptors (Lipinski definition) is 2. The van der Waals surface area contributed by atoms with Crippen molar-refractivity contribution >= 4 is 44.9 Å². The first-order valence-corrected chi connectivity index (χ1v) is 8.76. The molecule has 0 spiro atoms. The Balaban J connectivity index is 1.99. The molecule has 2 aromatic rings. The predicted octanol–water partition coefficient (Wildman–Crippen LogP) is 4.02. The number of carbonyl (C=O) groups excluding carboxylic acids is 1. The van der Waals surface area contributed by atoms with Crippen LogP contribution in [0.2, 0.25) is 0 Å². The van der Waals surface area contributed by atoms with Gasteiger partial charge in [0.2, 0.25) is 0 Å². The molecule has 1 atom stereocenters. The van der Waals surface area contributed by atoms with Gasteiger partial charge in [0.15, 0.2) is 5.11 Å². The van der Waals surface area contributed by atoms with Crippen LogP contribution in [0.1, 0.15) is 18.5 Å². The van der Waals surface area contributed by atoms with Crippen LogP contribution in [0.25, 0.3) is 0 Å². The maximum atomic E-state index is 13.9. The lowest BCUT2D eigenvalue weighted by Crippen LogP contribution is -2.45. The Morgan fingerprint density at radius 1 is 1.20 bits per heavy atom. The molecule has 0 saturated heterocycles. The lowest BCUT2D eigenvalue weighted by molar-refractivity contribution is -0.113. The number of thiocarbonyl (C=S) groups is 1. The summed E-state index contributed by atoms with van der Waals surface area (Å²) < 4.78 is 14.7. The van der Waals surface area contributed by atoms with Crippen LogP contribution in [-0.2, 0) is 4.79 Å². The van der Waals surface area contributed by atoms with E-state index in [0.29, 0.717) is 16.4 Å². The molecule has 0 fully saturated rings. The molecule has 0 aromatic heterocycles. The highest BCUT2D eigenvalue weighted by Gasteiger charge is 2.31. The summed E-state index contributed by atoms with van der Waals surface area (Å²) in [6.07, 6.45) is 0. The Morgan fingerprint density at radius 3 is 2.60 bits per heavy atom. The minimum Gasteiger partial charge on any atom is -0.351 e. The van der Waals surface area contributed by atoms with Gasteiger partial charge >= 0.3 is 0 Å². The lowest BCUT2D eigenvalue weighted by Gasteiger charge is -2.31. The third-order valence-corrected chi connectivity index (χ3v) is 4.79. The van der Waals surface area contributed by atoms with Crippen molar-refractivity contribution in [3.8, 4) is 0 Å². The van der Waals surface area contributed by atoms with E-state index in [9.17, 15) is 9.18 Å². The molecular formula is C18H15BrFN3OS. The summed E-state index contributed by atoms with van der Waals surface area (Å²) in [6, 6.07) is 13.2. The van der Waals surface area contributed by atoms with Crippen molar-refractivity contribution < 1.29 is 9.18 Å². The number of hydrogen-bond donors (Lipinski definition) is 3. The number of nitrogens with one attached hydrogen (secondary N) is 3. The normalized spacial score (nSPS) is 16.9. The van der Waals surface area contributed by atoms with Gasteiger partial charge in [-0.25, -0.2) is 4.39 Å². The lowest BCUT2D eigenvalue weighted by atomic mass is 9.95. The molecule has 0 unspecified atom stereocenters. The van der Waals surface area contributed by atoms with Crippen LogP contribution >= 0.6 is 28.1 Å². The van der Waals surface area contributed by atoms with Crippen molar-refractivity contribution in [3.63, 3.8) is 0 Å². The van der Waals surface area contributed by atoms with Gasteiger partial charge in [-0.05, 0) is 42.9 Å². The highest BCUT2D eigenvalue weighted by molar-refractivity contribution is 9.10. The van der Waals surface area contributed by atoms with E-state index in [2.05, 4.69) is 31.9 Å². The van der Waals surface area contributed by atoms with Gasteiger partial charge in [-0.3, -0.25) is 4.79 Å². The van der Waals surface area contributed by atoms with E-state index in [4.69, 9.17) is 12.2 Å². The number of benzene rings is 2. The van der Waals surface area contributed by atoms with E-state index >= 15 is 0 Å². The molecule has 7 heteroatoms. The monoisotopic (exact) mass is 419 g/mol. The first-order valence-electron chi connectivity index (χ1n) is 7.56. The molecule has 1 aliphatic heterocycles. The SMILES string of the molecule is CC1=C(C(=O)Nc2ccccc2F)[C@H](c2ccccc2Br)NC(=S)N1. The fourth-order valence-corrected chi connectivity index (χ4v) is 3.47. The molecule has 0 aliphatic carbocycles. The molecule has 1 amide bonds. The zero-order valence-corrected chi connectivity index (χ0v) is 15.7. The van der Waals surface area contributed by atoms with Crippen LogP contribution in [0, 0.1) is 5.82 Å². The molecule has 128 valence electrons. The first-order chi connectivity index (χ1) is 12.0. The van der Waals surface area contributed by atoms with Crippen LogP contribution < -0.4 is 16.0 Å². The van der Waals surface area contributed by atoms with Gasteiger partial charge in [0.05, 0.1) is 17.3 Å². The second-order valence-electron chi connectivity index (χ2n) is 5.53. The minimum atomic E-state index is -0.487. The first kappa shape index (κ1) is 17.6. The molecule has 0 radical (unpaired) electrons. The molecule has 1 heterocycles. The van der Waals surface area contributed by atoms with Gasteiger partial charge in [0, 0.05) is 10.2 Å². The number of para-hydroxylation sites is 1. The van der Waals surface area contributed by atoms with Gasteiger partial charge in [0.25, 0.3) is 5.91 Å². The van der Waals surface area contributed by atoms with Gasteiger partial charge in [0.1, 0.15) is 5.82 Å². The molecule has 25 heavy (non-hydrogen) atoms. The number of amides is 1. The second-order valence-corrected chi connectivity index (χ2v) is 6.79. The number of anilines is 1. The third kappa shape index (κ3) is 3.72. The van der Waals surface area contributed by atoms with Crippen LogP contribution in [0.4, 0.5) is 10.1 Å². The van der Waals surface area contributed by atoms with Gasteiger partial charge in [-0.1, -0.05) is 46.3 Å². The number of carbonyl (C=O) groups is 1. The summed E-state index contributed by atoms with van der Waals surface area (Å²) in [5.41, 5.74) is 2.07. The van der Waals surface area contributed by atoms with Gasteiger partial charge in [-0.15, -0.1) is 0 Å². The quantitative estimate of drug-likeness (QED) is 0.657. The molecule has 3 N–H and O–H groups in total. The highest BCUT2D eigenvalue weighted by atomic mass is 79.9. The van der Waals surface area contributed by atoms with Crippen molar-refractivity contribution in [2.45, 2.75) is 13.0 Å². The molecule has 1 aliphatic rings. The average Bonchev–Trinajstić information content (AvgIpc) is 2.56. The number of rotatable bonds is 3. The highest BCUT2D eigenvalue weighted by Crippen LogP contribution is 2.32. The Bertz CT molecular complexity index is 884. The smallest absolute Gasteiger partial charge is 0.255 e. The molecule has 0 saturated carbocycles. The molecule has 0 bridgehead atoms. The zero-order chi connectivity index (χ0) is 18.0. The Hall–Kier alpha value is -2.25. The van der Waals surface area contributed by atoms with E-state index in [1.165, 1.54) is 12.1 Å². The largest absolute Gasteiger partial charge is 0.351 e. The van der Waals surface area contributed by atoms with E-state index in [1.54, 1.807) is 19.1 Å². The third-order valence-electron chi connectivity index (χ3n) is 3.85. The summed E-state index contributed by atoms with van der Waals surface area (Å²) in [5, 5.41) is 9.14. The summed E-state index contributed by atoms with van der Waals surface area (Å²) in [7, 11) is 0. The van der Waals surface area contributed by atoms with Crippen molar-refractivity contribution in [1.82, 2.24) is 10.6 Å². The summed E-state index contributed by atoms with van der Waals surface area (Å²) >= 11 is 8.74. The van der Waals surface area contributed by atoms with Crippen molar-refractivity contribution in [2.75, 3.05) is 5.32 Å². The Labute approximate surface area is 158 Å². The Kier molecular flexibility index (Phi) is 5.15. The van der Waals surface area contributed by atoms with Crippen molar-refractivity contribution in [3.05, 3.63) is 75.7 Å². The zero-order valence-electron chi connectivity index (χ0n) is 13.3. The number of allylic oxidation sites excluding steroid dienone is 1. The van der Waals surface area contributed by atoms with Crippen LogP contribution in [-0.4, -0.2) is 11.0 Å². The molecular weight excluding hydrogens is 405 g/mol. The molecule has 4 nitrogen and oxygen atoms in total. The van der Waals surface area contributed by atoms with E-state index in [-0.39, 0.29) is 5.69 Å².